The van der Waals surface area contributed by atoms with Crippen molar-refractivity contribution in [3.63, 3.8) is 0 Å². The topological polar surface area (TPSA) is 91.4 Å². The molecular formula is C24H30N4O3. The number of nitrogens with zero attached hydrogens (tertiary/aromatic N) is 2. The average Bonchev–Trinajstić information content (AvgIpc) is 2.82. The predicted molar refractivity (Wildman–Crippen MR) is 118 cm³/mol. The van der Waals surface area contributed by atoms with Crippen LogP contribution in [0.5, 0.6) is 0 Å². The normalized spacial score (nSPS) is 14.1. The fourth-order valence-electron chi connectivity index (χ4n) is 3.68. The Labute approximate surface area is 183 Å². The van der Waals surface area contributed by atoms with E-state index in [0.717, 1.165) is 17.5 Å². The Morgan fingerprint density at radius 2 is 1.61 bits per heavy atom. The number of pyridine rings is 1. The zero-order chi connectivity index (χ0) is 21.9. The van der Waals surface area contributed by atoms with Gasteiger partial charge in [0.1, 0.15) is 0 Å². The molecule has 2 N–H and O–H groups in total. The maximum atomic E-state index is 12.4. The Bertz CT molecular complexity index is 850. The lowest BCUT2D eigenvalue weighted by atomic mass is 9.95. The monoisotopic (exact) mass is 422 g/mol. The van der Waals surface area contributed by atoms with Crippen molar-refractivity contribution < 1.29 is 14.4 Å². The highest BCUT2D eigenvalue weighted by Gasteiger charge is 2.27. The summed E-state index contributed by atoms with van der Waals surface area (Å²) in [6.45, 7) is 1.99. The number of nitrogens with one attached hydrogen (secondary N) is 2. The van der Waals surface area contributed by atoms with Gasteiger partial charge in [-0.3, -0.25) is 19.4 Å². The largest absolute Gasteiger partial charge is 0.355 e. The third-order valence-electron chi connectivity index (χ3n) is 5.58. The number of piperidine rings is 1. The molecule has 1 fully saturated rings. The van der Waals surface area contributed by atoms with Crippen molar-refractivity contribution in [2.75, 3.05) is 19.6 Å². The van der Waals surface area contributed by atoms with Crippen molar-refractivity contribution in [1.29, 1.82) is 0 Å². The summed E-state index contributed by atoms with van der Waals surface area (Å²) in [5.41, 5.74) is 2.15. The van der Waals surface area contributed by atoms with Crippen molar-refractivity contribution in [2.45, 2.75) is 38.6 Å². The number of carbonyl (C=O) groups is 3. The zero-order valence-corrected chi connectivity index (χ0v) is 17.8. The number of hydrogen-bond donors (Lipinski definition) is 2. The highest BCUT2D eigenvalue weighted by atomic mass is 16.2. The van der Waals surface area contributed by atoms with Crippen LogP contribution < -0.4 is 10.6 Å². The van der Waals surface area contributed by atoms with Gasteiger partial charge in [0.05, 0.1) is 0 Å². The van der Waals surface area contributed by atoms with Crippen LogP contribution in [0, 0.1) is 5.92 Å². The first-order chi connectivity index (χ1) is 15.1. The van der Waals surface area contributed by atoms with Crippen molar-refractivity contribution in [3.8, 4) is 0 Å². The molecule has 3 amide bonds. The lowest BCUT2D eigenvalue weighted by Crippen LogP contribution is -2.43. The van der Waals surface area contributed by atoms with Crippen molar-refractivity contribution >= 4 is 17.7 Å². The van der Waals surface area contributed by atoms with Crippen LogP contribution in [-0.2, 0) is 27.3 Å². The molecule has 0 bridgehead atoms. The predicted octanol–water partition coefficient (Wildman–Crippen LogP) is 2.08. The summed E-state index contributed by atoms with van der Waals surface area (Å²) in [5, 5.41) is 5.69. The van der Waals surface area contributed by atoms with Crippen LogP contribution >= 0.6 is 0 Å². The van der Waals surface area contributed by atoms with Gasteiger partial charge in [0.25, 0.3) is 0 Å². The molecule has 7 nitrogen and oxygen atoms in total. The number of likely N-dealkylation sites (tertiary alicyclic amines) is 1. The van der Waals surface area contributed by atoms with Crippen molar-refractivity contribution in [3.05, 3.63) is 66.0 Å². The van der Waals surface area contributed by atoms with Gasteiger partial charge in [-0.25, -0.2) is 0 Å². The van der Waals surface area contributed by atoms with E-state index in [1.165, 1.54) is 0 Å². The Kier molecular flexibility index (Phi) is 8.58. The molecular weight excluding hydrogens is 392 g/mol. The molecule has 0 aliphatic carbocycles. The SMILES string of the molecule is O=C(CCNC(=O)C1CCN(C(=O)CCc2ccccc2)CC1)NCc1ccncc1. The maximum absolute atomic E-state index is 12.4. The van der Waals surface area contributed by atoms with E-state index in [-0.39, 0.29) is 30.1 Å². The first-order valence-electron chi connectivity index (χ1n) is 10.9. The second-order valence-corrected chi connectivity index (χ2v) is 7.81. The lowest BCUT2D eigenvalue weighted by Gasteiger charge is -2.31. The van der Waals surface area contributed by atoms with E-state index in [0.29, 0.717) is 45.4 Å². The van der Waals surface area contributed by atoms with Gasteiger partial charge < -0.3 is 15.5 Å². The molecule has 3 rings (SSSR count). The summed E-state index contributed by atoms with van der Waals surface area (Å²) in [5.74, 6) is -0.0825. The fraction of sp³-hybridized carbons (Fsp3) is 0.417. The highest BCUT2D eigenvalue weighted by Crippen LogP contribution is 2.18. The standard InChI is InChI=1S/C24H30N4O3/c29-22(27-18-20-8-13-25-14-9-20)10-15-26-24(31)21-11-16-28(17-12-21)23(30)7-6-19-4-2-1-3-5-19/h1-5,8-9,13-14,21H,6-7,10-12,15-18H2,(H,26,31)(H,27,29). The molecule has 31 heavy (non-hydrogen) atoms. The summed E-state index contributed by atoms with van der Waals surface area (Å²) in [6.07, 6.45) is 6.18. The van der Waals surface area contributed by atoms with Crippen molar-refractivity contribution in [1.82, 2.24) is 20.5 Å². The van der Waals surface area contributed by atoms with Crippen LogP contribution in [0.25, 0.3) is 0 Å². The summed E-state index contributed by atoms with van der Waals surface area (Å²) in [4.78, 5) is 42.6. The maximum Gasteiger partial charge on any atom is 0.223 e. The third-order valence-corrected chi connectivity index (χ3v) is 5.58. The molecule has 1 aromatic heterocycles. The number of rotatable bonds is 9. The summed E-state index contributed by atoms with van der Waals surface area (Å²) >= 11 is 0. The van der Waals surface area contributed by atoms with Crippen LogP contribution in [0.1, 0.15) is 36.8 Å². The third kappa shape index (κ3) is 7.51. The molecule has 164 valence electrons. The Hall–Kier alpha value is -3.22. The Morgan fingerprint density at radius 3 is 2.32 bits per heavy atom. The molecule has 0 radical (unpaired) electrons. The molecule has 1 aliphatic rings. The van der Waals surface area contributed by atoms with Crippen molar-refractivity contribution in [2.24, 2.45) is 5.92 Å². The van der Waals surface area contributed by atoms with Crippen LogP contribution in [0.2, 0.25) is 0 Å². The highest BCUT2D eigenvalue weighted by molar-refractivity contribution is 5.81. The van der Waals surface area contributed by atoms with E-state index in [4.69, 9.17) is 0 Å². The first-order valence-corrected chi connectivity index (χ1v) is 10.9. The van der Waals surface area contributed by atoms with E-state index in [1.807, 2.05) is 47.4 Å². The summed E-state index contributed by atoms with van der Waals surface area (Å²) in [6, 6.07) is 13.7. The summed E-state index contributed by atoms with van der Waals surface area (Å²) < 4.78 is 0. The zero-order valence-electron chi connectivity index (χ0n) is 17.8. The Morgan fingerprint density at radius 1 is 0.903 bits per heavy atom. The summed E-state index contributed by atoms with van der Waals surface area (Å²) in [7, 11) is 0. The molecule has 0 atom stereocenters. The second kappa shape index (κ2) is 11.8. The van der Waals surface area contributed by atoms with E-state index in [1.54, 1.807) is 12.4 Å². The van der Waals surface area contributed by atoms with Crippen LogP contribution in [0.3, 0.4) is 0 Å². The molecule has 2 heterocycles. The minimum Gasteiger partial charge on any atom is -0.355 e. The smallest absolute Gasteiger partial charge is 0.223 e. The second-order valence-electron chi connectivity index (χ2n) is 7.81. The number of aryl methyl sites for hydroxylation is 1. The van der Waals surface area contributed by atoms with Gasteiger partial charge in [0, 0.05) is 57.3 Å². The number of aromatic nitrogens is 1. The minimum atomic E-state index is -0.101. The molecule has 0 unspecified atom stereocenters. The number of hydrogen-bond acceptors (Lipinski definition) is 4. The van der Waals surface area contributed by atoms with E-state index < -0.39 is 0 Å². The molecule has 0 spiro atoms. The molecule has 1 aromatic carbocycles. The molecule has 0 saturated carbocycles. The molecule has 7 heteroatoms. The molecule has 1 aliphatic heterocycles. The number of benzene rings is 1. The Balaban J connectivity index is 1.29. The van der Waals surface area contributed by atoms with Gasteiger partial charge in [-0.2, -0.15) is 0 Å². The average molecular weight is 423 g/mol. The quantitative estimate of drug-likeness (QED) is 0.647. The number of carbonyl (C=O) groups excluding carboxylic acids is 3. The fourth-order valence-corrected chi connectivity index (χ4v) is 3.68. The lowest BCUT2D eigenvalue weighted by molar-refractivity contribution is -0.135. The number of amides is 3. The van der Waals surface area contributed by atoms with Gasteiger partial charge in [-0.05, 0) is 42.5 Å². The van der Waals surface area contributed by atoms with Gasteiger partial charge in [-0.15, -0.1) is 0 Å². The molecule has 1 saturated heterocycles. The molecule has 2 aromatic rings. The first kappa shape index (κ1) is 22.5. The van der Waals surface area contributed by atoms with E-state index in [2.05, 4.69) is 15.6 Å². The van der Waals surface area contributed by atoms with Gasteiger partial charge in [-0.1, -0.05) is 30.3 Å². The van der Waals surface area contributed by atoms with E-state index >= 15 is 0 Å². The van der Waals surface area contributed by atoms with Crippen LogP contribution in [-0.4, -0.2) is 47.2 Å². The van der Waals surface area contributed by atoms with Gasteiger partial charge >= 0.3 is 0 Å². The van der Waals surface area contributed by atoms with E-state index in [9.17, 15) is 14.4 Å². The van der Waals surface area contributed by atoms with Gasteiger partial charge in [0.2, 0.25) is 17.7 Å². The minimum absolute atomic E-state index is 0.0293. The van der Waals surface area contributed by atoms with Crippen LogP contribution in [0.4, 0.5) is 0 Å². The van der Waals surface area contributed by atoms with Crippen LogP contribution in [0.15, 0.2) is 54.9 Å². The van der Waals surface area contributed by atoms with Gasteiger partial charge in [0.15, 0.2) is 0 Å².